The summed E-state index contributed by atoms with van der Waals surface area (Å²) >= 11 is 0. The van der Waals surface area contributed by atoms with E-state index in [2.05, 4.69) is 210 Å². The van der Waals surface area contributed by atoms with Crippen molar-refractivity contribution in [2.75, 3.05) is 9.80 Å². The number of fused-ring (bicyclic) bond motifs is 4. The van der Waals surface area contributed by atoms with Gasteiger partial charge < -0.3 is 9.80 Å². The number of hydrogen-bond acceptors (Lipinski definition) is 2. The lowest BCUT2D eigenvalue weighted by Crippen LogP contribution is -2.61. The molecule has 3 aliphatic rings. The van der Waals surface area contributed by atoms with E-state index in [-0.39, 0.29) is 18.6 Å². The highest BCUT2D eigenvalue weighted by Gasteiger charge is 2.48. The van der Waals surface area contributed by atoms with Gasteiger partial charge in [0.15, 0.2) is 0 Å². The van der Waals surface area contributed by atoms with Gasteiger partial charge in [0.2, 0.25) is 6.71 Å². The van der Waals surface area contributed by atoms with Gasteiger partial charge in [-0.15, -0.1) is 0 Å². The molecule has 10 rings (SSSR count). The Kier molecular flexibility index (Phi) is 7.09. The van der Waals surface area contributed by atoms with E-state index in [4.69, 9.17) is 0 Å². The van der Waals surface area contributed by atoms with Crippen LogP contribution in [0.1, 0.15) is 0 Å². The van der Waals surface area contributed by atoms with Gasteiger partial charge in [0.25, 0.3) is 0 Å². The Morgan fingerprint density at radius 1 is 0.392 bits per heavy atom. The van der Waals surface area contributed by atoms with Gasteiger partial charge in [-0.1, -0.05) is 140 Å². The molecule has 0 N–H and O–H groups in total. The molecule has 0 fully saturated rings. The molecule has 7 aromatic carbocycles. The fourth-order valence-electron chi connectivity index (χ4n) is 8.62. The maximum absolute atomic E-state index is 2.60. The van der Waals surface area contributed by atoms with E-state index in [1.54, 1.807) is 0 Å². The average Bonchev–Trinajstić information content (AvgIpc) is 3.21. The van der Waals surface area contributed by atoms with Crippen LogP contribution in [0.25, 0.3) is 33.4 Å². The lowest BCUT2D eigenvalue weighted by molar-refractivity contribution is 0.766. The van der Waals surface area contributed by atoms with E-state index >= 15 is 0 Å². The van der Waals surface area contributed by atoms with Crippen LogP contribution in [0, 0.1) is 0 Å². The Morgan fingerprint density at radius 2 is 0.882 bits per heavy atom. The van der Waals surface area contributed by atoms with Crippen molar-refractivity contribution in [2.45, 2.75) is 11.9 Å². The van der Waals surface area contributed by atoms with Crippen molar-refractivity contribution >= 4 is 46.1 Å². The molecule has 2 heterocycles. The minimum absolute atomic E-state index is 0.171. The standard InChI is InChI=1S/C48H35BN2/c1-5-17-34(18-6-1)36-29-37(35-19-7-2-8-20-35)31-38(30-36)39-32-46-48-47(33-39)51(41-23-11-4-12-24-41)45-28-16-14-26-43(45)49(48)42-25-13-15-27-44(42)50(46)40-21-9-3-10-22-40/h1-33,42,44H. The molecule has 0 spiro atoms. The van der Waals surface area contributed by atoms with Gasteiger partial charge in [-0.3, -0.25) is 0 Å². The van der Waals surface area contributed by atoms with E-state index in [0.29, 0.717) is 0 Å². The van der Waals surface area contributed by atoms with Crippen molar-refractivity contribution in [2.24, 2.45) is 0 Å². The van der Waals surface area contributed by atoms with Crippen LogP contribution in [0.3, 0.4) is 0 Å². The van der Waals surface area contributed by atoms with Crippen molar-refractivity contribution in [3.8, 4) is 33.4 Å². The van der Waals surface area contributed by atoms with E-state index in [9.17, 15) is 0 Å². The third-order valence-corrected chi connectivity index (χ3v) is 10.8. The molecule has 51 heavy (non-hydrogen) atoms. The summed E-state index contributed by atoms with van der Waals surface area (Å²) in [6, 6.07) is 64.6. The molecule has 0 saturated carbocycles. The topological polar surface area (TPSA) is 6.48 Å². The maximum atomic E-state index is 2.60. The Bertz CT molecular complexity index is 2380. The Morgan fingerprint density at radius 3 is 1.53 bits per heavy atom. The number of benzene rings is 7. The first-order chi connectivity index (χ1) is 25.3. The second kappa shape index (κ2) is 12.2. The Hall–Kier alpha value is -6.32. The first-order valence-electron chi connectivity index (χ1n) is 17.9. The Labute approximate surface area is 300 Å². The first-order valence-corrected chi connectivity index (χ1v) is 17.9. The molecule has 2 unspecified atom stereocenters. The lowest BCUT2D eigenvalue weighted by Gasteiger charge is -2.50. The molecule has 0 bridgehead atoms. The smallest absolute Gasteiger partial charge is 0.226 e. The largest absolute Gasteiger partial charge is 0.335 e. The summed E-state index contributed by atoms with van der Waals surface area (Å²) in [4.78, 5) is 5.10. The summed E-state index contributed by atoms with van der Waals surface area (Å²) in [6.45, 7) is 0.210. The molecule has 0 aromatic heterocycles. The zero-order valence-electron chi connectivity index (χ0n) is 28.2. The third-order valence-electron chi connectivity index (χ3n) is 10.8. The number of hydrogen-bond donors (Lipinski definition) is 0. The van der Waals surface area contributed by atoms with Crippen LogP contribution < -0.4 is 20.7 Å². The van der Waals surface area contributed by atoms with E-state index in [1.807, 2.05) is 0 Å². The molecule has 240 valence electrons. The average molecular weight is 651 g/mol. The van der Waals surface area contributed by atoms with E-state index < -0.39 is 0 Å². The van der Waals surface area contributed by atoms with Crippen LogP contribution in [-0.4, -0.2) is 12.8 Å². The van der Waals surface area contributed by atoms with Crippen molar-refractivity contribution in [3.05, 3.63) is 200 Å². The molecular weight excluding hydrogens is 615 g/mol. The fourth-order valence-corrected chi connectivity index (χ4v) is 8.62. The molecule has 0 saturated heterocycles. The van der Waals surface area contributed by atoms with Gasteiger partial charge in [-0.25, -0.2) is 0 Å². The molecule has 2 nitrogen and oxygen atoms in total. The first kappa shape index (κ1) is 29.6. The van der Waals surface area contributed by atoms with Crippen molar-refractivity contribution in [3.63, 3.8) is 0 Å². The number of rotatable bonds is 5. The van der Waals surface area contributed by atoms with Gasteiger partial charge in [0.1, 0.15) is 0 Å². The van der Waals surface area contributed by atoms with Gasteiger partial charge >= 0.3 is 0 Å². The minimum Gasteiger partial charge on any atom is -0.335 e. The van der Waals surface area contributed by atoms with Gasteiger partial charge in [-0.2, -0.15) is 0 Å². The zero-order valence-corrected chi connectivity index (χ0v) is 28.2. The van der Waals surface area contributed by atoms with Crippen molar-refractivity contribution in [1.82, 2.24) is 0 Å². The summed E-state index contributed by atoms with van der Waals surface area (Å²) in [5.41, 5.74) is 16.1. The highest BCUT2D eigenvalue weighted by Crippen LogP contribution is 2.49. The van der Waals surface area contributed by atoms with Crippen molar-refractivity contribution in [1.29, 1.82) is 0 Å². The van der Waals surface area contributed by atoms with Crippen LogP contribution in [0.5, 0.6) is 0 Å². The molecule has 7 aromatic rings. The fraction of sp³-hybridized carbons (Fsp3) is 0.0417. The third kappa shape index (κ3) is 4.96. The van der Waals surface area contributed by atoms with Gasteiger partial charge in [0, 0.05) is 28.4 Å². The summed E-state index contributed by atoms with van der Waals surface area (Å²) in [7, 11) is 0. The predicted molar refractivity (Wildman–Crippen MR) is 217 cm³/mol. The molecule has 3 heteroatoms. The van der Waals surface area contributed by atoms with Crippen LogP contribution in [0.2, 0.25) is 5.82 Å². The lowest BCUT2D eigenvalue weighted by atomic mass is 9.29. The quantitative estimate of drug-likeness (QED) is 0.171. The zero-order chi connectivity index (χ0) is 33.7. The number of nitrogens with zero attached hydrogens (tertiary/aromatic N) is 2. The molecule has 0 amide bonds. The number of allylic oxidation sites excluding steroid dienone is 2. The van der Waals surface area contributed by atoms with E-state index in [1.165, 1.54) is 72.7 Å². The number of para-hydroxylation sites is 3. The summed E-state index contributed by atoms with van der Waals surface area (Å²) < 4.78 is 0. The van der Waals surface area contributed by atoms with Crippen molar-refractivity contribution < 1.29 is 0 Å². The number of anilines is 5. The minimum atomic E-state index is 0.171. The van der Waals surface area contributed by atoms with Crippen LogP contribution >= 0.6 is 0 Å². The molecule has 1 aliphatic carbocycles. The summed E-state index contributed by atoms with van der Waals surface area (Å²) in [5.74, 6) is 0.275. The van der Waals surface area contributed by atoms with Crippen LogP contribution in [0.15, 0.2) is 200 Å². The normalized spacial score (nSPS) is 16.7. The molecular formula is C48H35BN2. The second-order valence-corrected chi connectivity index (χ2v) is 13.7. The van der Waals surface area contributed by atoms with Gasteiger partial charge in [-0.05, 0) is 111 Å². The molecule has 0 radical (unpaired) electrons. The Balaban J connectivity index is 1.29. The second-order valence-electron chi connectivity index (χ2n) is 13.7. The highest BCUT2D eigenvalue weighted by molar-refractivity contribution is 6.91. The highest BCUT2D eigenvalue weighted by atomic mass is 15.2. The predicted octanol–water partition coefficient (Wildman–Crippen LogP) is 11.1. The van der Waals surface area contributed by atoms with Crippen LogP contribution in [-0.2, 0) is 0 Å². The monoisotopic (exact) mass is 650 g/mol. The summed E-state index contributed by atoms with van der Waals surface area (Å²) in [5, 5.41) is 0. The molecule has 2 atom stereocenters. The van der Waals surface area contributed by atoms with Crippen LogP contribution in [0.4, 0.5) is 28.4 Å². The summed E-state index contributed by atoms with van der Waals surface area (Å²) in [6.07, 6.45) is 9.32. The SMILES string of the molecule is C1=CC2B3c4ccccc4N(c4ccccc4)c4cc(-c5cc(-c6ccccc6)cc(-c6ccccc6)c5)cc(c43)N(c3ccccc3)C2C=C1. The van der Waals surface area contributed by atoms with E-state index in [0.717, 1.165) is 0 Å². The van der Waals surface area contributed by atoms with Gasteiger partial charge in [0.05, 0.1) is 6.04 Å². The maximum Gasteiger partial charge on any atom is 0.226 e. The molecule has 2 aliphatic heterocycles.